The van der Waals surface area contributed by atoms with Gasteiger partial charge >= 0.3 is 0 Å². The third-order valence-electron chi connectivity index (χ3n) is 4.87. The molecule has 0 saturated heterocycles. The molecule has 3 heteroatoms. The number of hydrogen-bond donors (Lipinski definition) is 1. The minimum Gasteiger partial charge on any atom is -0.389 e. The van der Waals surface area contributed by atoms with Crippen LogP contribution in [-0.4, -0.2) is 20.5 Å². The average molecular weight is 272 g/mol. The van der Waals surface area contributed by atoms with Crippen LogP contribution < -0.4 is 0 Å². The molecule has 1 N–H and O–H groups in total. The number of rotatable bonds is 2. The summed E-state index contributed by atoms with van der Waals surface area (Å²) in [7, 11) is 1.97. The van der Waals surface area contributed by atoms with Crippen LogP contribution in [0.5, 0.6) is 0 Å². The van der Waals surface area contributed by atoms with Gasteiger partial charge in [-0.2, -0.15) is 5.10 Å². The Morgan fingerprint density at radius 2 is 2.05 bits per heavy atom. The molecule has 1 aliphatic rings. The summed E-state index contributed by atoms with van der Waals surface area (Å²) in [5.41, 5.74) is 1.76. The molecule has 2 unspecified atom stereocenters. The van der Waals surface area contributed by atoms with Gasteiger partial charge < -0.3 is 5.11 Å². The summed E-state index contributed by atoms with van der Waals surface area (Å²) >= 11 is 0. The number of para-hydroxylation sites is 1. The molecule has 3 rings (SSSR count). The van der Waals surface area contributed by atoms with Gasteiger partial charge in [-0.25, -0.2) is 0 Å². The van der Waals surface area contributed by atoms with E-state index in [2.05, 4.69) is 38.0 Å². The lowest BCUT2D eigenvalue weighted by molar-refractivity contribution is 0.00378. The normalized spacial score (nSPS) is 29.1. The van der Waals surface area contributed by atoms with E-state index in [9.17, 15) is 5.11 Å². The Morgan fingerprint density at radius 3 is 2.70 bits per heavy atom. The van der Waals surface area contributed by atoms with Crippen LogP contribution in [0.1, 0.15) is 39.3 Å². The number of aromatic nitrogens is 2. The van der Waals surface area contributed by atoms with E-state index in [1.165, 1.54) is 5.39 Å². The van der Waals surface area contributed by atoms with E-state index in [-0.39, 0.29) is 5.41 Å². The summed E-state index contributed by atoms with van der Waals surface area (Å²) in [6.45, 7) is 6.66. The van der Waals surface area contributed by atoms with Gasteiger partial charge in [0.25, 0.3) is 0 Å². The van der Waals surface area contributed by atoms with Crippen molar-refractivity contribution in [2.75, 3.05) is 0 Å². The molecule has 2 aromatic rings. The average Bonchev–Trinajstić information content (AvgIpc) is 2.75. The fourth-order valence-electron chi connectivity index (χ4n) is 4.04. The highest BCUT2D eigenvalue weighted by molar-refractivity contribution is 5.81. The Hall–Kier alpha value is -1.35. The topological polar surface area (TPSA) is 38.1 Å². The van der Waals surface area contributed by atoms with Crippen LogP contribution >= 0.6 is 0 Å². The van der Waals surface area contributed by atoms with E-state index in [0.29, 0.717) is 12.3 Å². The van der Waals surface area contributed by atoms with Gasteiger partial charge in [0.15, 0.2) is 0 Å². The number of aryl methyl sites for hydroxylation is 1. The quantitative estimate of drug-likeness (QED) is 0.911. The molecule has 0 aliphatic heterocycles. The molecule has 20 heavy (non-hydrogen) atoms. The molecule has 1 heterocycles. The molecule has 1 aliphatic carbocycles. The molecule has 3 nitrogen and oxygen atoms in total. The Balaban J connectivity index is 1.98. The van der Waals surface area contributed by atoms with Gasteiger partial charge in [0.2, 0.25) is 0 Å². The van der Waals surface area contributed by atoms with Crippen molar-refractivity contribution in [3.05, 3.63) is 30.0 Å². The summed E-state index contributed by atoms with van der Waals surface area (Å²) in [4.78, 5) is 0. The molecular formula is C17H24N2O. The van der Waals surface area contributed by atoms with Crippen molar-refractivity contribution in [3.8, 4) is 0 Å². The van der Waals surface area contributed by atoms with Gasteiger partial charge in [0.05, 0.1) is 16.8 Å². The fourth-order valence-corrected chi connectivity index (χ4v) is 4.04. The number of fused-ring (bicyclic) bond motifs is 1. The van der Waals surface area contributed by atoms with Crippen molar-refractivity contribution < 1.29 is 5.11 Å². The SMILES string of the molecule is CC1CC(C)(C)CC1(O)Cc1nn(C)c2ccccc12. The lowest BCUT2D eigenvalue weighted by atomic mass is 9.85. The molecule has 1 saturated carbocycles. The van der Waals surface area contributed by atoms with Gasteiger partial charge in [-0.15, -0.1) is 0 Å². The Bertz CT molecular complexity index is 643. The maximum Gasteiger partial charge on any atom is 0.0734 e. The summed E-state index contributed by atoms with van der Waals surface area (Å²) in [5, 5.41) is 16.9. The van der Waals surface area contributed by atoms with Crippen LogP contribution in [0.15, 0.2) is 24.3 Å². The third-order valence-corrected chi connectivity index (χ3v) is 4.87. The van der Waals surface area contributed by atoms with Crippen LogP contribution in [0.25, 0.3) is 10.9 Å². The molecule has 0 amide bonds. The second kappa shape index (κ2) is 4.32. The summed E-state index contributed by atoms with van der Waals surface area (Å²) in [5.74, 6) is 0.318. The van der Waals surface area contributed by atoms with Crippen LogP contribution in [0.3, 0.4) is 0 Å². The molecule has 0 bridgehead atoms. The number of aliphatic hydroxyl groups is 1. The standard InChI is InChI=1S/C17H24N2O/c1-12-9-16(2,3)11-17(12,20)10-14-13-7-5-6-8-15(13)19(4)18-14/h5-8,12,20H,9-11H2,1-4H3. The zero-order chi connectivity index (χ0) is 14.5. The molecular weight excluding hydrogens is 248 g/mol. The molecule has 1 fully saturated rings. The first-order valence-electron chi connectivity index (χ1n) is 7.44. The van der Waals surface area contributed by atoms with Crippen LogP contribution in [0, 0.1) is 11.3 Å². The largest absolute Gasteiger partial charge is 0.389 e. The zero-order valence-electron chi connectivity index (χ0n) is 12.8. The van der Waals surface area contributed by atoms with Crippen LogP contribution in [-0.2, 0) is 13.5 Å². The minimum atomic E-state index is -0.624. The van der Waals surface area contributed by atoms with E-state index in [4.69, 9.17) is 0 Å². The number of nitrogens with zero attached hydrogens (tertiary/aromatic N) is 2. The highest BCUT2D eigenvalue weighted by Gasteiger charge is 2.47. The minimum absolute atomic E-state index is 0.221. The van der Waals surface area contributed by atoms with Crippen LogP contribution in [0.2, 0.25) is 0 Å². The Kier molecular flexibility index (Phi) is 2.94. The monoisotopic (exact) mass is 272 g/mol. The first kappa shape index (κ1) is 13.6. The Labute approximate surface area is 120 Å². The second-order valence-electron chi connectivity index (χ2n) is 7.31. The molecule has 1 aromatic carbocycles. The van der Waals surface area contributed by atoms with Gasteiger partial charge in [-0.1, -0.05) is 39.0 Å². The van der Waals surface area contributed by atoms with Crippen LogP contribution in [0.4, 0.5) is 0 Å². The first-order chi connectivity index (χ1) is 9.31. The third kappa shape index (κ3) is 2.14. The van der Waals surface area contributed by atoms with E-state index >= 15 is 0 Å². The van der Waals surface area contributed by atoms with E-state index in [0.717, 1.165) is 24.1 Å². The first-order valence-corrected chi connectivity index (χ1v) is 7.44. The van der Waals surface area contributed by atoms with Crippen molar-refractivity contribution in [2.24, 2.45) is 18.4 Å². The second-order valence-corrected chi connectivity index (χ2v) is 7.31. The summed E-state index contributed by atoms with van der Waals surface area (Å²) in [6.07, 6.45) is 2.58. The predicted molar refractivity (Wildman–Crippen MR) is 81.5 cm³/mol. The smallest absolute Gasteiger partial charge is 0.0734 e. The van der Waals surface area contributed by atoms with Gasteiger partial charge in [0.1, 0.15) is 0 Å². The van der Waals surface area contributed by atoms with Crippen molar-refractivity contribution in [1.82, 2.24) is 9.78 Å². The van der Waals surface area contributed by atoms with Crippen molar-refractivity contribution in [2.45, 2.75) is 45.6 Å². The van der Waals surface area contributed by atoms with Gasteiger partial charge in [0, 0.05) is 18.9 Å². The van der Waals surface area contributed by atoms with E-state index < -0.39 is 5.60 Å². The van der Waals surface area contributed by atoms with Crippen molar-refractivity contribution in [1.29, 1.82) is 0 Å². The molecule has 0 radical (unpaired) electrons. The van der Waals surface area contributed by atoms with Crippen molar-refractivity contribution >= 4 is 10.9 Å². The van der Waals surface area contributed by atoms with E-state index in [1.54, 1.807) is 0 Å². The fraction of sp³-hybridized carbons (Fsp3) is 0.588. The zero-order valence-corrected chi connectivity index (χ0v) is 12.8. The number of hydrogen-bond acceptors (Lipinski definition) is 2. The Morgan fingerprint density at radius 1 is 1.35 bits per heavy atom. The molecule has 1 aromatic heterocycles. The lowest BCUT2D eigenvalue weighted by Crippen LogP contribution is -2.35. The highest BCUT2D eigenvalue weighted by atomic mass is 16.3. The molecule has 0 spiro atoms. The molecule has 108 valence electrons. The highest BCUT2D eigenvalue weighted by Crippen LogP contribution is 2.49. The summed E-state index contributed by atoms with van der Waals surface area (Å²) in [6, 6.07) is 8.26. The summed E-state index contributed by atoms with van der Waals surface area (Å²) < 4.78 is 1.92. The lowest BCUT2D eigenvalue weighted by Gasteiger charge is -2.27. The van der Waals surface area contributed by atoms with Gasteiger partial charge in [-0.05, 0) is 30.2 Å². The van der Waals surface area contributed by atoms with E-state index in [1.807, 2.05) is 23.9 Å². The van der Waals surface area contributed by atoms with Gasteiger partial charge in [-0.3, -0.25) is 4.68 Å². The molecule has 2 atom stereocenters. The number of benzene rings is 1. The predicted octanol–water partition coefficient (Wildman–Crippen LogP) is 3.30. The maximum absolute atomic E-state index is 11.1. The maximum atomic E-state index is 11.1. The van der Waals surface area contributed by atoms with Crippen molar-refractivity contribution in [3.63, 3.8) is 0 Å².